The zero-order chi connectivity index (χ0) is 15.1. The summed E-state index contributed by atoms with van der Waals surface area (Å²) in [5.74, 6) is 0.524. The van der Waals surface area contributed by atoms with Crippen molar-refractivity contribution in [1.29, 1.82) is 5.26 Å². The average Bonchev–Trinajstić information content (AvgIpc) is 2.52. The maximum atomic E-state index is 9.30. The Hall–Kier alpha value is -1.37. The summed E-state index contributed by atoms with van der Waals surface area (Å²) in [4.78, 5) is 0. The minimum absolute atomic E-state index is 0.0176. The van der Waals surface area contributed by atoms with Crippen LogP contribution in [-0.2, 0) is 9.47 Å². The van der Waals surface area contributed by atoms with Crippen LogP contribution in [0.2, 0.25) is 0 Å². The molecule has 1 saturated carbocycles. The minimum atomic E-state index is 0.0176. The van der Waals surface area contributed by atoms with Crippen LogP contribution < -0.4 is 0 Å². The summed E-state index contributed by atoms with van der Waals surface area (Å²) < 4.78 is 11.4. The number of benzene rings is 1. The second kappa shape index (κ2) is 8.17. The van der Waals surface area contributed by atoms with E-state index < -0.39 is 0 Å². The van der Waals surface area contributed by atoms with Crippen LogP contribution in [0.4, 0.5) is 0 Å². The molecule has 1 aliphatic rings. The maximum absolute atomic E-state index is 9.30. The van der Waals surface area contributed by atoms with Gasteiger partial charge in [0.15, 0.2) is 0 Å². The largest absolute Gasteiger partial charge is 0.376 e. The quantitative estimate of drug-likeness (QED) is 0.745. The summed E-state index contributed by atoms with van der Waals surface area (Å²) in [5.41, 5.74) is 1.36. The Morgan fingerprint density at radius 1 is 1.19 bits per heavy atom. The summed E-state index contributed by atoms with van der Waals surface area (Å²) in [5, 5.41) is 9.30. The molecule has 21 heavy (non-hydrogen) atoms. The van der Waals surface area contributed by atoms with Gasteiger partial charge in [-0.05, 0) is 44.6 Å². The third kappa shape index (κ3) is 4.84. The normalized spacial score (nSPS) is 25.7. The molecular weight excluding hydrogens is 262 g/mol. The SMILES string of the molecule is CC(C)OCCOC1CC(c2ccccc2)CCC1C#N. The lowest BCUT2D eigenvalue weighted by molar-refractivity contribution is -0.0399. The first kappa shape index (κ1) is 16.0. The molecule has 0 heterocycles. The van der Waals surface area contributed by atoms with Crippen molar-refractivity contribution in [3.8, 4) is 6.07 Å². The molecule has 3 unspecified atom stereocenters. The van der Waals surface area contributed by atoms with Crippen LogP contribution in [0.15, 0.2) is 30.3 Å². The lowest BCUT2D eigenvalue weighted by Crippen LogP contribution is -2.31. The van der Waals surface area contributed by atoms with Gasteiger partial charge in [0.25, 0.3) is 0 Å². The molecule has 0 bridgehead atoms. The first-order valence-electron chi connectivity index (χ1n) is 7.88. The Bertz CT molecular complexity index is 452. The van der Waals surface area contributed by atoms with Crippen molar-refractivity contribution in [1.82, 2.24) is 0 Å². The predicted octanol–water partition coefficient (Wildman–Crippen LogP) is 3.90. The Kier molecular flexibility index (Phi) is 6.22. The van der Waals surface area contributed by atoms with Gasteiger partial charge in [-0.1, -0.05) is 30.3 Å². The number of rotatable bonds is 6. The lowest BCUT2D eigenvalue weighted by Gasteiger charge is -2.33. The third-order valence-electron chi connectivity index (χ3n) is 4.09. The second-order valence-electron chi connectivity index (χ2n) is 5.99. The average molecular weight is 287 g/mol. The Morgan fingerprint density at radius 2 is 1.95 bits per heavy atom. The molecule has 1 aromatic carbocycles. The molecule has 1 aliphatic carbocycles. The summed E-state index contributed by atoms with van der Waals surface area (Å²) in [6.45, 7) is 5.21. The first-order chi connectivity index (χ1) is 10.2. The van der Waals surface area contributed by atoms with Gasteiger partial charge >= 0.3 is 0 Å². The molecule has 0 saturated heterocycles. The predicted molar refractivity (Wildman–Crippen MR) is 83.0 cm³/mol. The van der Waals surface area contributed by atoms with Gasteiger partial charge in [-0.25, -0.2) is 0 Å². The molecule has 3 nitrogen and oxygen atoms in total. The zero-order valence-corrected chi connectivity index (χ0v) is 13.0. The van der Waals surface area contributed by atoms with Gasteiger partial charge in [-0.15, -0.1) is 0 Å². The van der Waals surface area contributed by atoms with Crippen molar-refractivity contribution in [3.63, 3.8) is 0 Å². The topological polar surface area (TPSA) is 42.2 Å². The van der Waals surface area contributed by atoms with Crippen molar-refractivity contribution in [2.24, 2.45) is 5.92 Å². The van der Waals surface area contributed by atoms with E-state index >= 15 is 0 Å². The molecule has 3 heteroatoms. The fraction of sp³-hybridized carbons (Fsp3) is 0.611. The molecule has 3 atom stereocenters. The highest BCUT2D eigenvalue weighted by Crippen LogP contribution is 2.37. The Balaban J connectivity index is 1.89. The molecule has 0 radical (unpaired) electrons. The van der Waals surface area contributed by atoms with E-state index in [2.05, 4.69) is 30.3 Å². The number of ether oxygens (including phenoxy) is 2. The fourth-order valence-electron chi connectivity index (χ4n) is 2.97. The van der Waals surface area contributed by atoms with Crippen molar-refractivity contribution < 1.29 is 9.47 Å². The molecule has 1 fully saturated rings. The van der Waals surface area contributed by atoms with Gasteiger partial charge in [-0.3, -0.25) is 0 Å². The van der Waals surface area contributed by atoms with E-state index in [1.54, 1.807) is 0 Å². The van der Waals surface area contributed by atoms with Gasteiger partial charge in [0, 0.05) is 0 Å². The molecule has 2 rings (SSSR count). The van der Waals surface area contributed by atoms with Crippen LogP contribution in [0.25, 0.3) is 0 Å². The Morgan fingerprint density at radius 3 is 2.62 bits per heavy atom. The summed E-state index contributed by atoms with van der Waals surface area (Å²) in [7, 11) is 0. The highest BCUT2D eigenvalue weighted by Gasteiger charge is 2.31. The number of nitriles is 1. The van der Waals surface area contributed by atoms with Crippen molar-refractivity contribution in [2.75, 3.05) is 13.2 Å². The first-order valence-corrected chi connectivity index (χ1v) is 7.88. The number of hydrogen-bond acceptors (Lipinski definition) is 3. The van der Waals surface area contributed by atoms with Crippen LogP contribution in [0.3, 0.4) is 0 Å². The van der Waals surface area contributed by atoms with Crippen molar-refractivity contribution in [3.05, 3.63) is 35.9 Å². The standard InChI is InChI=1S/C18H25NO2/c1-14(2)20-10-11-21-18-12-16(8-9-17(18)13-19)15-6-4-3-5-7-15/h3-7,14,16-18H,8-12H2,1-2H3. The smallest absolute Gasteiger partial charge is 0.0740 e. The molecule has 0 aromatic heterocycles. The van der Waals surface area contributed by atoms with Crippen LogP contribution >= 0.6 is 0 Å². The van der Waals surface area contributed by atoms with E-state index in [-0.39, 0.29) is 18.1 Å². The highest BCUT2D eigenvalue weighted by atomic mass is 16.5. The van der Waals surface area contributed by atoms with Crippen molar-refractivity contribution in [2.45, 2.75) is 51.2 Å². The van der Waals surface area contributed by atoms with E-state index in [1.807, 2.05) is 19.9 Å². The molecular formula is C18H25NO2. The molecule has 0 amide bonds. The van der Waals surface area contributed by atoms with E-state index in [9.17, 15) is 5.26 Å². The lowest BCUT2D eigenvalue weighted by atomic mass is 9.77. The van der Waals surface area contributed by atoms with Crippen molar-refractivity contribution >= 4 is 0 Å². The zero-order valence-electron chi connectivity index (χ0n) is 13.0. The van der Waals surface area contributed by atoms with E-state index in [0.717, 1.165) is 19.3 Å². The Labute approximate surface area is 127 Å². The summed E-state index contributed by atoms with van der Waals surface area (Å²) >= 11 is 0. The molecule has 0 N–H and O–H groups in total. The molecule has 1 aromatic rings. The van der Waals surface area contributed by atoms with E-state index in [4.69, 9.17) is 9.47 Å². The minimum Gasteiger partial charge on any atom is -0.376 e. The van der Waals surface area contributed by atoms with Gasteiger partial charge in [0.05, 0.1) is 37.4 Å². The fourth-order valence-corrected chi connectivity index (χ4v) is 2.97. The third-order valence-corrected chi connectivity index (χ3v) is 4.09. The van der Waals surface area contributed by atoms with Crippen LogP contribution in [0.1, 0.15) is 44.6 Å². The maximum Gasteiger partial charge on any atom is 0.0740 e. The van der Waals surface area contributed by atoms with Crippen LogP contribution in [0.5, 0.6) is 0 Å². The number of nitrogens with zero attached hydrogens (tertiary/aromatic N) is 1. The van der Waals surface area contributed by atoms with Crippen LogP contribution in [0, 0.1) is 17.2 Å². The van der Waals surface area contributed by atoms with Gasteiger partial charge in [-0.2, -0.15) is 5.26 Å². The highest BCUT2D eigenvalue weighted by molar-refractivity contribution is 5.20. The molecule has 0 aliphatic heterocycles. The number of hydrogen-bond donors (Lipinski definition) is 0. The van der Waals surface area contributed by atoms with Gasteiger partial charge in [0.1, 0.15) is 0 Å². The van der Waals surface area contributed by atoms with Gasteiger partial charge < -0.3 is 9.47 Å². The summed E-state index contributed by atoms with van der Waals surface area (Å²) in [6.07, 6.45) is 3.19. The summed E-state index contributed by atoms with van der Waals surface area (Å²) in [6, 6.07) is 13.0. The van der Waals surface area contributed by atoms with E-state index in [0.29, 0.717) is 19.1 Å². The second-order valence-corrected chi connectivity index (χ2v) is 5.99. The molecule has 0 spiro atoms. The van der Waals surface area contributed by atoms with Gasteiger partial charge in [0.2, 0.25) is 0 Å². The van der Waals surface area contributed by atoms with Crippen LogP contribution in [-0.4, -0.2) is 25.4 Å². The monoisotopic (exact) mass is 287 g/mol. The van der Waals surface area contributed by atoms with E-state index in [1.165, 1.54) is 5.56 Å². The molecule has 114 valence electrons.